The topological polar surface area (TPSA) is 29.4 Å². The molecule has 88 valence electrons. The van der Waals surface area contributed by atoms with E-state index in [0.717, 1.165) is 24.1 Å². The maximum absolute atomic E-state index is 13.2. The Balaban J connectivity index is 2.21. The van der Waals surface area contributed by atoms with Gasteiger partial charge in [0.15, 0.2) is 0 Å². The molecule has 1 aliphatic heterocycles. The summed E-state index contributed by atoms with van der Waals surface area (Å²) < 4.78 is 13.2. The molecular weight excluding hydrogens is 217 g/mol. The van der Waals surface area contributed by atoms with Gasteiger partial charge in [-0.25, -0.2) is 4.39 Å². The lowest BCUT2D eigenvalue weighted by molar-refractivity contribution is -0.106. The SMILES string of the molecule is O=CCC1=NC([C@H]2C=C(F)C=CC2)=CC=CC1. The molecule has 0 amide bonds. The molecule has 0 spiro atoms. The predicted molar refractivity (Wildman–Crippen MR) is 66.4 cm³/mol. The number of hydrogen-bond acceptors (Lipinski definition) is 2. The standard InChI is InChI=1S/C14H14FNO/c15-12-5-3-4-11(10-12)14-7-2-1-6-13(16-14)8-9-17/h1-3,5,7,9-11H,4,6,8H2/t11-/m1/s1. The van der Waals surface area contributed by atoms with Gasteiger partial charge in [-0.15, -0.1) is 0 Å². The second-order valence-electron chi connectivity index (χ2n) is 4.07. The molecule has 2 nitrogen and oxygen atoms in total. The molecule has 0 N–H and O–H groups in total. The van der Waals surface area contributed by atoms with Crippen molar-refractivity contribution in [2.24, 2.45) is 10.9 Å². The van der Waals surface area contributed by atoms with E-state index in [2.05, 4.69) is 4.99 Å². The Labute approximate surface area is 99.9 Å². The van der Waals surface area contributed by atoms with Crippen molar-refractivity contribution in [2.75, 3.05) is 0 Å². The van der Waals surface area contributed by atoms with Crippen LogP contribution in [0.5, 0.6) is 0 Å². The monoisotopic (exact) mass is 231 g/mol. The van der Waals surface area contributed by atoms with E-state index in [9.17, 15) is 9.18 Å². The minimum absolute atomic E-state index is 0.0237. The third-order valence-corrected chi connectivity index (χ3v) is 2.77. The van der Waals surface area contributed by atoms with Crippen LogP contribution in [0, 0.1) is 5.92 Å². The quantitative estimate of drug-likeness (QED) is 0.685. The van der Waals surface area contributed by atoms with Crippen molar-refractivity contribution in [1.29, 1.82) is 0 Å². The lowest BCUT2D eigenvalue weighted by Crippen LogP contribution is -2.05. The first kappa shape index (κ1) is 11.7. The minimum atomic E-state index is -0.220. The molecule has 0 saturated carbocycles. The third-order valence-electron chi connectivity index (χ3n) is 2.77. The summed E-state index contributed by atoms with van der Waals surface area (Å²) in [5.74, 6) is -0.244. The Morgan fingerprint density at radius 2 is 2.35 bits per heavy atom. The maximum atomic E-state index is 13.2. The highest BCUT2D eigenvalue weighted by molar-refractivity contribution is 5.95. The molecule has 0 radical (unpaired) electrons. The average Bonchev–Trinajstić information content (AvgIpc) is 2.55. The van der Waals surface area contributed by atoms with Gasteiger partial charge < -0.3 is 4.79 Å². The number of nitrogens with zero attached hydrogens (tertiary/aromatic N) is 1. The lowest BCUT2D eigenvalue weighted by atomic mass is 9.96. The first-order valence-electron chi connectivity index (χ1n) is 5.70. The smallest absolute Gasteiger partial charge is 0.125 e. The van der Waals surface area contributed by atoms with Gasteiger partial charge in [-0.1, -0.05) is 18.2 Å². The van der Waals surface area contributed by atoms with Crippen molar-refractivity contribution in [1.82, 2.24) is 0 Å². The molecule has 0 unspecified atom stereocenters. The molecule has 0 fully saturated rings. The molecule has 1 aliphatic carbocycles. The van der Waals surface area contributed by atoms with Gasteiger partial charge in [0.2, 0.25) is 0 Å². The molecule has 0 aromatic heterocycles. The van der Waals surface area contributed by atoms with E-state index in [1.54, 1.807) is 6.08 Å². The van der Waals surface area contributed by atoms with Crippen LogP contribution in [0.4, 0.5) is 4.39 Å². The number of hydrogen-bond donors (Lipinski definition) is 0. The predicted octanol–water partition coefficient (Wildman–Crippen LogP) is 3.29. The summed E-state index contributed by atoms with van der Waals surface area (Å²) in [4.78, 5) is 15.0. The summed E-state index contributed by atoms with van der Waals surface area (Å²) in [6.45, 7) is 0. The molecule has 2 aliphatic rings. The second kappa shape index (κ2) is 5.53. The number of allylic oxidation sites excluding steroid dienone is 7. The number of carbonyl (C=O) groups excluding carboxylic acids is 1. The number of aliphatic imine (C=N–C) groups is 1. The summed E-state index contributed by atoms with van der Waals surface area (Å²) >= 11 is 0. The van der Waals surface area contributed by atoms with E-state index in [-0.39, 0.29) is 11.7 Å². The Morgan fingerprint density at radius 3 is 3.12 bits per heavy atom. The zero-order chi connectivity index (χ0) is 12.1. The lowest BCUT2D eigenvalue weighted by Gasteiger charge is -2.14. The first-order valence-corrected chi connectivity index (χ1v) is 5.70. The zero-order valence-corrected chi connectivity index (χ0v) is 9.47. The number of carbonyl (C=O) groups is 1. The maximum Gasteiger partial charge on any atom is 0.125 e. The molecule has 0 aromatic rings. The van der Waals surface area contributed by atoms with Crippen molar-refractivity contribution in [2.45, 2.75) is 19.3 Å². The summed E-state index contributed by atoms with van der Waals surface area (Å²) in [7, 11) is 0. The van der Waals surface area contributed by atoms with Crippen LogP contribution in [0.1, 0.15) is 19.3 Å². The van der Waals surface area contributed by atoms with E-state index in [1.165, 1.54) is 6.08 Å². The molecule has 17 heavy (non-hydrogen) atoms. The summed E-state index contributed by atoms with van der Waals surface area (Å²) in [6, 6.07) is 0. The van der Waals surface area contributed by atoms with E-state index in [0.29, 0.717) is 12.8 Å². The molecule has 1 heterocycles. The number of halogens is 1. The summed E-state index contributed by atoms with van der Waals surface area (Å²) in [6.07, 6.45) is 13.3. The Bertz CT molecular complexity index is 455. The normalized spacial score (nSPS) is 23.6. The fourth-order valence-electron chi connectivity index (χ4n) is 1.92. The molecule has 0 saturated heterocycles. The van der Waals surface area contributed by atoms with Crippen molar-refractivity contribution in [3.05, 3.63) is 48.0 Å². The zero-order valence-electron chi connectivity index (χ0n) is 9.47. The highest BCUT2D eigenvalue weighted by Gasteiger charge is 2.15. The summed E-state index contributed by atoms with van der Waals surface area (Å²) in [5.41, 5.74) is 1.67. The van der Waals surface area contributed by atoms with Gasteiger partial charge in [0.1, 0.15) is 12.1 Å². The van der Waals surface area contributed by atoms with Crippen molar-refractivity contribution in [3.8, 4) is 0 Å². The Hall–Kier alpha value is -1.77. The van der Waals surface area contributed by atoms with Crippen LogP contribution in [-0.4, -0.2) is 12.0 Å². The van der Waals surface area contributed by atoms with Crippen molar-refractivity contribution >= 4 is 12.0 Å². The molecule has 0 aromatic carbocycles. The van der Waals surface area contributed by atoms with Gasteiger partial charge in [0.05, 0.1) is 0 Å². The van der Waals surface area contributed by atoms with Crippen molar-refractivity contribution in [3.63, 3.8) is 0 Å². The van der Waals surface area contributed by atoms with Crippen molar-refractivity contribution < 1.29 is 9.18 Å². The van der Waals surface area contributed by atoms with Gasteiger partial charge in [-0.3, -0.25) is 4.99 Å². The average molecular weight is 231 g/mol. The molecule has 0 bridgehead atoms. The van der Waals surface area contributed by atoms with Gasteiger partial charge in [0, 0.05) is 30.2 Å². The third kappa shape index (κ3) is 3.09. The van der Waals surface area contributed by atoms with Gasteiger partial charge in [0.25, 0.3) is 0 Å². The highest BCUT2D eigenvalue weighted by Crippen LogP contribution is 2.26. The van der Waals surface area contributed by atoms with Crippen LogP contribution in [-0.2, 0) is 4.79 Å². The minimum Gasteiger partial charge on any atom is -0.303 e. The number of aldehydes is 1. The molecular formula is C14H14FNO. The van der Waals surface area contributed by atoms with Crippen LogP contribution < -0.4 is 0 Å². The Morgan fingerprint density at radius 1 is 1.47 bits per heavy atom. The van der Waals surface area contributed by atoms with Gasteiger partial charge >= 0.3 is 0 Å². The van der Waals surface area contributed by atoms with Crippen LogP contribution in [0.15, 0.2) is 53.0 Å². The van der Waals surface area contributed by atoms with E-state index in [1.807, 2.05) is 24.3 Å². The van der Waals surface area contributed by atoms with E-state index >= 15 is 0 Å². The fraction of sp³-hybridized carbons (Fsp3) is 0.286. The van der Waals surface area contributed by atoms with Gasteiger partial charge in [-0.2, -0.15) is 0 Å². The summed E-state index contributed by atoms with van der Waals surface area (Å²) in [5, 5.41) is 0. The second-order valence-corrected chi connectivity index (χ2v) is 4.07. The van der Waals surface area contributed by atoms with Crippen LogP contribution in [0.3, 0.4) is 0 Å². The fourth-order valence-corrected chi connectivity index (χ4v) is 1.92. The molecule has 1 atom stereocenters. The van der Waals surface area contributed by atoms with E-state index in [4.69, 9.17) is 0 Å². The molecule has 2 rings (SSSR count). The highest BCUT2D eigenvalue weighted by atomic mass is 19.1. The number of rotatable bonds is 3. The van der Waals surface area contributed by atoms with Gasteiger partial charge in [-0.05, 0) is 24.6 Å². The first-order chi connectivity index (χ1) is 8.29. The van der Waals surface area contributed by atoms with E-state index < -0.39 is 0 Å². The Kier molecular flexibility index (Phi) is 3.81. The molecule has 3 heteroatoms. The largest absolute Gasteiger partial charge is 0.303 e. The van der Waals surface area contributed by atoms with Crippen LogP contribution >= 0.6 is 0 Å². The van der Waals surface area contributed by atoms with Crippen LogP contribution in [0.2, 0.25) is 0 Å². The van der Waals surface area contributed by atoms with Crippen LogP contribution in [0.25, 0.3) is 0 Å².